The summed E-state index contributed by atoms with van der Waals surface area (Å²) in [4.78, 5) is 30.1. The van der Waals surface area contributed by atoms with Crippen molar-refractivity contribution in [1.29, 1.82) is 0 Å². The summed E-state index contributed by atoms with van der Waals surface area (Å²) in [5.74, 6) is -0.812. The number of amides is 1. The molecule has 1 aliphatic rings. The Morgan fingerprint density at radius 1 is 1.25 bits per heavy atom. The number of aromatic nitrogens is 1. The van der Waals surface area contributed by atoms with Gasteiger partial charge in [0.2, 0.25) is 0 Å². The van der Waals surface area contributed by atoms with Gasteiger partial charge in [-0.25, -0.2) is 0 Å². The predicted octanol–water partition coefficient (Wildman–Crippen LogP) is 3.40. The molecule has 0 bridgehead atoms. The van der Waals surface area contributed by atoms with E-state index in [0.29, 0.717) is 18.5 Å². The van der Waals surface area contributed by atoms with E-state index in [1.165, 1.54) is 0 Å². The highest BCUT2D eigenvalue weighted by Gasteiger charge is 2.27. The molecule has 2 heterocycles. The van der Waals surface area contributed by atoms with E-state index in [2.05, 4.69) is 4.98 Å². The zero-order chi connectivity index (χ0) is 17.1. The first-order chi connectivity index (χ1) is 11.5. The molecule has 5 heteroatoms. The van der Waals surface area contributed by atoms with Gasteiger partial charge in [-0.3, -0.25) is 14.6 Å². The van der Waals surface area contributed by atoms with E-state index >= 15 is 0 Å². The van der Waals surface area contributed by atoms with Crippen molar-refractivity contribution >= 4 is 22.8 Å². The lowest BCUT2D eigenvalue weighted by molar-refractivity contribution is -0.137. The van der Waals surface area contributed by atoms with Crippen LogP contribution in [0, 0.1) is 6.92 Å². The molecule has 1 aliphatic heterocycles. The molecular formula is C19H22N2O3. The summed E-state index contributed by atoms with van der Waals surface area (Å²) < 4.78 is 0. The fourth-order valence-electron chi connectivity index (χ4n) is 3.38. The number of aryl methyl sites for hydroxylation is 1. The Bertz CT molecular complexity index is 772. The molecule has 1 aromatic carbocycles. The molecule has 1 saturated heterocycles. The lowest BCUT2D eigenvalue weighted by atomic mass is 9.96. The number of pyridine rings is 1. The van der Waals surface area contributed by atoms with Crippen LogP contribution in [0.4, 0.5) is 0 Å². The van der Waals surface area contributed by atoms with Gasteiger partial charge in [-0.1, -0.05) is 6.07 Å². The quantitative estimate of drug-likeness (QED) is 0.935. The molecule has 24 heavy (non-hydrogen) atoms. The predicted molar refractivity (Wildman–Crippen MR) is 92.0 cm³/mol. The van der Waals surface area contributed by atoms with Gasteiger partial charge in [0.1, 0.15) is 0 Å². The fraction of sp³-hybridized carbons (Fsp3) is 0.421. The fourth-order valence-corrected chi connectivity index (χ4v) is 3.38. The number of carbonyl (C=O) groups is 2. The van der Waals surface area contributed by atoms with E-state index < -0.39 is 5.97 Å². The van der Waals surface area contributed by atoms with E-state index in [1.807, 2.05) is 42.2 Å². The van der Waals surface area contributed by atoms with Gasteiger partial charge in [-0.05, 0) is 56.9 Å². The minimum atomic E-state index is -0.805. The van der Waals surface area contributed by atoms with Gasteiger partial charge in [0.15, 0.2) is 0 Å². The van der Waals surface area contributed by atoms with Crippen LogP contribution in [0.5, 0.6) is 0 Å². The standard InChI is InChI=1S/C19H22N2O3/c1-13-5-6-14-12-15(7-9-17(14)20-13)19(24)21-11-3-2-4-16(21)8-10-18(22)23/h5-7,9,12,16H,2-4,8,10-11H2,1H3,(H,22,23). The largest absolute Gasteiger partial charge is 0.481 e. The van der Waals surface area contributed by atoms with Gasteiger partial charge in [-0.15, -0.1) is 0 Å². The summed E-state index contributed by atoms with van der Waals surface area (Å²) >= 11 is 0. The Kier molecular flexibility index (Phi) is 4.79. The molecule has 0 spiro atoms. The first-order valence-corrected chi connectivity index (χ1v) is 8.45. The van der Waals surface area contributed by atoms with Crippen LogP contribution >= 0.6 is 0 Å². The molecule has 5 nitrogen and oxygen atoms in total. The number of carbonyl (C=O) groups excluding carboxylic acids is 1. The summed E-state index contributed by atoms with van der Waals surface area (Å²) in [7, 11) is 0. The third-order valence-corrected chi connectivity index (χ3v) is 4.65. The summed E-state index contributed by atoms with van der Waals surface area (Å²) in [6.07, 6.45) is 3.54. The van der Waals surface area contributed by atoms with Crippen molar-refractivity contribution in [2.24, 2.45) is 0 Å². The highest BCUT2D eigenvalue weighted by Crippen LogP contribution is 2.24. The molecule has 3 rings (SSSR count). The summed E-state index contributed by atoms with van der Waals surface area (Å²) in [5, 5.41) is 9.87. The van der Waals surface area contributed by atoms with E-state index in [4.69, 9.17) is 5.11 Å². The third-order valence-electron chi connectivity index (χ3n) is 4.65. The SMILES string of the molecule is Cc1ccc2cc(C(=O)N3CCCCC3CCC(=O)O)ccc2n1. The Morgan fingerprint density at radius 2 is 2.08 bits per heavy atom. The summed E-state index contributed by atoms with van der Waals surface area (Å²) in [6.45, 7) is 2.65. The van der Waals surface area contributed by atoms with Crippen LogP contribution in [0.2, 0.25) is 0 Å². The number of rotatable bonds is 4. The smallest absolute Gasteiger partial charge is 0.303 e. The number of hydrogen-bond donors (Lipinski definition) is 1. The van der Waals surface area contributed by atoms with Crippen molar-refractivity contribution in [2.45, 2.75) is 45.1 Å². The number of piperidine rings is 1. The van der Waals surface area contributed by atoms with Crippen molar-refractivity contribution in [2.75, 3.05) is 6.54 Å². The Balaban J connectivity index is 1.83. The van der Waals surface area contributed by atoms with E-state index in [-0.39, 0.29) is 18.4 Å². The van der Waals surface area contributed by atoms with Crippen molar-refractivity contribution in [1.82, 2.24) is 9.88 Å². The second-order valence-corrected chi connectivity index (χ2v) is 6.44. The maximum Gasteiger partial charge on any atom is 0.303 e. The molecule has 0 aliphatic carbocycles. The molecular weight excluding hydrogens is 304 g/mol. The number of likely N-dealkylation sites (tertiary alicyclic amines) is 1. The van der Waals surface area contributed by atoms with Crippen LogP contribution in [-0.2, 0) is 4.79 Å². The van der Waals surface area contributed by atoms with Crippen molar-refractivity contribution in [3.63, 3.8) is 0 Å². The number of aliphatic carboxylic acids is 1. The average molecular weight is 326 g/mol. The van der Waals surface area contributed by atoms with Crippen LogP contribution in [0.25, 0.3) is 10.9 Å². The summed E-state index contributed by atoms with van der Waals surface area (Å²) in [5.41, 5.74) is 2.48. The zero-order valence-electron chi connectivity index (χ0n) is 13.9. The van der Waals surface area contributed by atoms with Crippen LogP contribution in [0.3, 0.4) is 0 Å². The zero-order valence-corrected chi connectivity index (χ0v) is 13.9. The topological polar surface area (TPSA) is 70.5 Å². The van der Waals surface area contributed by atoms with E-state index in [1.54, 1.807) is 0 Å². The van der Waals surface area contributed by atoms with Gasteiger partial charge < -0.3 is 10.0 Å². The minimum Gasteiger partial charge on any atom is -0.481 e. The molecule has 1 amide bonds. The second-order valence-electron chi connectivity index (χ2n) is 6.44. The summed E-state index contributed by atoms with van der Waals surface area (Å²) in [6, 6.07) is 9.52. The number of fused-ring (bicyclic) bond motifs is 1. The Hall–Kier alpha value is -2.43. The molecule has 1 atom stereocenters. The van der Waals surface area contributed by atoms with Gasteiger partial charge in [0, 0.05) is 35.7 Å². The average Bonchev–Trinajstić information content (AvgIpc) is 2.59. The van der Waals surface area contributed by atoms with Crippen molar-refractivity contribution < 1.29 is 14.7 Å². The van der Waals surface area contributed by atoms with Crippen LogP contribution < -0.4 is 0 Å². The van der Waals surface area contributed by atoms with Gasteiger partial charge in [-0.2, -0.15) is 0 Å². The molecule has 0 saturated carbocycles. The molecule has 126 valence electrons. The highest BCUT2D eigenvalue weighted by molar-refractivity contribution is 5.98. The maximum absolute atomic E-state index is 12.9. The minimum absolute atomic E-state index is 0.00689. The van der Waals surface area contributed by atoms with Gasteiger partial charge >= 0.3 is 5.97 Å². The molecule has 0 radical (unpaired) electrons. The first-order valence-electron chi connectivity index (χ1n) is 8.45. The van der Waals surface area contributed by atoms with Crippen molar-refractivity contribution in [3.8, 4) is 0 Å². The van der Waals surface area contributed by atoms with Crippen LogP contribution in [0.15, 0.2) is 30.3 Å². The Labute approximate surface area is 141 Å². The monoisotopic (exact) mass is 326 g/mol. The van der Waals surface area contributed by atoms with Gasteiger partial charge in [0.25, 0.3) is 5.91 Å². The number of hydrogen-bond acceptors (Lipinski definition) is 3. The van der Waals surface area contributed by atoms with E-state index in [9.17, 15) is 9.59 Å². The number of carboxylic acids is 1. The first kappa shape index (κ1) is 16.4. The number of benzene rings is 1. The molecule has 1 unspecified atom stereocenters. The third kappa shape index (κ3) is 3.55. The normalized spacial score (nSPS) is 17.9. The maximum atomic E-state index is 12.9. The highest BCUT2D eigenvalue weighted by atomic mass is 16.4. The molecule has 1 fully saturated rings. The molecule has 1 aromatic heterocycles. The van der Waals surface area contributed by atoms with E-state index in [0.717, 1.165) is 35.9 Å². The molecule has 1 N–H and O–H groups in total. The number of carboxylic acid groups (broad SMARTS) is 1. The van der Waals surface area contributed by atoms with Crippen molar-refractivity contribution in [3.05, 3.63) is 41.6 Å². The lowest BCUT2D eigenvalue weighted by Gasteiger charge is -2.35. The van der Waals surface area contributed by atoms with Gasteiger partial charge in [0.05, 0.1) is 5.52 Å². The molecule has 2 aromatic rings. The van der Waals surface area contributed by atoms with Crippen LogP contribution in [0.1, 0.15) is 48.2 Å². The van der Waals surface area contributed by atoms with Crippen LogP contribution in [-0.4, -0.2) is 39.5 Å². The lowest BCUT2D eigenvalue weighted by Crippen LogP contribution is -2.43. The number of nitrogens with zero attached hydrogens (tertiary/aromatic N) is 2. The Morgan fingerprint density at radius 3 is 2.88 bits per heavy atom. The second kappa shape index (κ2) is 6.99.